The van der Waals surface area contributed by atoms with Crippen LogP contribution < -0.4 is 9.62 Å². The number of benzene rings is 3. The van der Waals surface area contributed by atoms with Crippen LogP contribution in [0.5, 0.6) is 0 Å². The zero-order valence-electron chi connectivity index (χ0n) is 23.6. The molecular weight excluding hydrogens is 581 g/mol. The fraction of sp³-hybridized carbons (Fsp3) is 0.355. The molecule has 10 heteroatoms. The molecule has 0 unspecified atom stereocenters. The summed E-state index contributed by atoms with van der Waals surface area (Å²) >= 11 is 12.1. The van der Waals surface area contributed by atoms with Gasteiger partial charge in [0.05, 0.1) is 11.9 Å². The van der Waals surface area contributed by atoms with Gasteiger partial charge in [0.1, 0.15) is 6.04 Å². The SMILES string of the molecule is CC[C@@H](C)NC(=O)[C@@H](Cc1ccccc1)N(Cc1ccc(Cl)cc1)C(=O)CCCN(c1ccc(Cl)cc1)S(C)(=O)=O. The molecule has 1 N–H and O–H groups in total. The lowest BCUT2D eigenvalue weighted by molar-refractivity contribution is -0.141. The summed E-state index contributed by atoms with van der Waals surface area (Å²) in [5, 5.41) is 4.12. The highest BCUT2D eigenvalue weighted by atomic mass is 35.5. The molecule has 3 aromatic rings. The second-order valence-electron chi connectivity index (χ2n) is 10.1. The highest BCUT2D eigenvalue weighted by molar-refractivity contribution is 7.92. The van der Waals surface area contributed by atoms with Crippen LogP contribution >= 0.6 is 23.2 Å². The Hall–Kier alpha value is -3.07. The first-order valence-corrected chi connectivity index (χ1v) is 16.2. The van der Waals surface area contributed by atoms with Crippen molar-refractivity contribution in [1.29, 1.82) is 0 Å². The number of carbonyl (C=O) groups excluding carboxylic acids is 2. The highest BCUT2D eigenvalue weighted by Crippen LogP contribution is 2.22. The third kappa shape index (κ3) is 10.1. The lowest BCUT2D eigenvalue weighted by atomic mass is 10.0. The number of hydrogen-bond acceptors (Lipinski definition) is 4. The smallest absolute Gasteiger partial charge is 0.243 e. The molecule has 0 aliphatic carbocycles. The van der Waals surface area contributed by atoms with Crippen LogP contribution in [0, 0.1) is 0 Å². The Labute approximate surface area is 253 Å². The monoisotopic (exact) mass is 617 g/mol. The van der Waals surface area contributed by atoms with E-state index in [0.717, 1.165) is 23.8 Å². The number of nitrogens with zero attached hydrogens (tertiary/aromatic N) is 2. The van der Waals surface area contributed by atoms with Crippen molar-refractivity contribution in [3.8, 4) is 0 Å². The van der Waals surface area contributed by atoms with Crippen molar-refractivity contribution >= 4 is 50.7 Å². The zero-order valence-corrected chi connectivity index (χ0v) is 25.9. The van der Waals surface area contributed by atoms with Crippen molar-refractivity contribution in [2.24, 2.45) is 0 Å². The van der Waals surface area contributed by atoms with Crippen LogP contribution in [0.15, 0.2) is 78.9 Å². The molecule has 7 nitrogen and oxygen atoms in total. The largest absolute Gasteiger partial charge is 0.352 e. The van der Waals surface area contributed by atoms with Crippen LogP contribution in [0.25, 0.3) is 0 Å². The minimum atomic E-state index is -3.60. The van der Waals surface area contributed by atoms with Crippen molar-refractivity contribution in [3.63, 3.8) is 0 Å². The maximum absolute atomic E-state index is 13.9. The van der Waals surface area contributed by atoms with Crippen molar-refractivity contribution in [2.45, 2.75) is 58.2 Å². The van der Waals surface area contributed by atoms with E-state index in [1.54, 1.807) is 41.3 Å². The van der Waals surface area contributed by atoms with Crippen LogP contribution in [0.3, 0.4) is 0 Å². The lowest BCUT2D eigenvalue weighted by Gasteiger charge is -2.32. The van der Waals surface area contributed by atoms with Gasteiger partial charge in [-0.1, -0.05) is 72.6 Å². The first-order valence-electron chi connectivity index (χ1n) is 13.6. The molecule has 2 atom stereocenters. The predicted octanol–water partition coefficient (Wildman–Crippen LogP) is 6.09. The molecule has 0 radical (unpaired) electrons. The second kappa shape index (κ2) is 15.2. The fourth-order valence-electron chi connectivity index (χ4n) is 4.39. The average molecular weight is 619 g/mol. The van der Waals surface area contributed by atoms with Gasteiger partial charge in [-0.3, -0.25) is 13.9 Å². The Morgan fingerprint density at radius 1 is 0.878 bits per heavy atom. The van der Waals surface area contributed by atoms with Gasteiger partial charge in [0.15, 0.2) is 0 Å². The molecular formula is C31H37Cl2N3O4S. The number of hydrogen-bond donors (Lipinski definition) is 1. The number of carbonyl (C=O) groups is 2. The quantitative estimate of drug-likeness (QED) is 0.237. The van der Waals surface area contributed by atoms with Gasteiger partial charge in [0, 0.05) is 42.0 Å². The minimum absolute atomic E-state index is 0.0507. The Kier molecular flexibility index (Phi) is 12.1. The van der Waals surface area contributed by atoms with Gasteiger partial charge >= 0.3 is 0 Å². The van der Waals surface area contributed by atoms with Crippen molar-refractivity contribution < 1.29 is 18.0 Å². The number of rotatable bonds is 14. The van der Waals surface area contributed by atoms with Gasteiger partial charge in [-0.15, -0.1) is 0 Å². The maximum Gasteiger partial charge on any atom is 0.243 e. The van der Waals surface area contributed by atoms with Gasteiger partial charge < -0.3 is 10.2 Å². The summed E-state index contributed by atoms with van der Waals surface area (Å²) in [6, 6.07) is 22.4. The summed E-state index contributed by atoms with van der Waals surface area (Å²) in [5.41, 5.74) is 2.23. The number of anilines is 1. The number of nitrogens with one attached hydrogen (secondary N) is 1. The molecule has 41 heavy (non-hydrogen) atoms. The van der Waals surface area contributed by atoms with E-state index >= 15 is 0 Å². The molecule has 0 bridgehead atoms. The normalized spacial score (nSPS) is 12.8. The van der Waals surface area contributed by atoms with Crippen molar-refractivity contribution in [1.82, 2.24) is 10.2 Å². The van der Waals surface area contributed by atoms with E-state index in [4.69, 9.17) is 23.2 Å². The standard InChI is InChI=1S/C31H37Cl2N3O4S/c1-4-23(2)34-31(38)29(21-24-9-6-5-7-10-24)35(22-25-12-14-26(32)15-13-25)30(37)11-8-20-36(41(3,39)40)28-18-16-27(33)17-19-28/h5-7,9-10,12-19,23,29H,4,8,11,20-22H2,1-3H3,(H,34,38)/t23-,29-/m1/s1. The average Bonchev–Trinajstić information content (AvgIpc) is 2.94. The third-order valence-electron chi connectivity index (χ3n) is 6.81. The molecule has 3 aromatic carbocycles. The molecule has 0 aromatic heterocycles. The van der Waals surface area contributed by atoms with Gasteiger partial charge in [-0.25, -0.2) is 8.42 Å². The van der Waals surface area contributed by atoms with Gasteiger partial charge in [0.25, 0.3) is 0 Å². The van der Waals surface area contributed by atoms with Crippen molar-refractivity contribution in [3.05, 3.63) is 100 Å². The zero-order chi connectivity index (χ0) is 30.0. The topological polar surface area (TPSA) is 86.8 Å². The number of amides is 2. The molecule has 220 valence electrons. The van der Waals surface area contributed by atoms with Crippen LogP contribution in [-0.4, -0.2) is 50.0 Å². The lowest BCUT2D eigenvalue weighted by Crippen LogP contribution is -2.52. The Balaban J connectivity index is 1.88. The highest BCUT2D eigenvalue weighted by Gasteiger charge is 2.31. The second-order valence-corrected chi connectivity index (χ2v) is 12.9. The van der Waals surface area contributed by atoms with E-state index in [2.05, 4.69) is 5.32 Å². The van der Waals surface area contributed by atoms with E-state index in [1.807, 2.05) is 56.3 Å². The summed E-state index contributed by atoms with van der Waals surface area (Å²) < 4.78 is 26.4. The maximum atomic E-state index is 13.9. The summed E-state index contributed by atoms with van der Waals surface area (Å²) in [6.45, 7) is 4.22. The summed E-state index contributed by atoms with van der Waals surface area (Å²) in [7, 11) is -3.60. The van der Waals surface area contributed by atoms with Crippen molar-refractivity contribution in [2.75, 3.05) is 17.1 Å². The summed E-state index contributed by atoms with van der Waals surface area (Å²) in [4.78, 5) is 29.1. The first-order chi connectivity index (χ1) is 19.5. The predicted molar refractivity (Wildman–Crippen MR) is 167 cm³/mol. The number of sulfonamides is 1. The molecule has 0 saturated carbocycles. The van der Waals surface area contributed by atoms with Crippen LogP contribution in [0.2, 0.25) is 10.0 Å². The van der Waals surface area contributed by atoms with E-state index in [0.29, 0.717) is 22.2 Å². The summed E-state index contributed by atoms with van der Waals surface area (Å²) in [5.74, 6) is -0.478. The van der Waals surface area contributed by atoms with E-state index < -0.39 is 16.1 Å². The van der Waals surface area contributed by atoms with Crippen LogP contribution in [0.1, 0.15) is 44.2 Å². The van der Waals surface area contributed by atoms with Gasteiger partial charge in [0.2, 0.25) is 21.8 Å². The molecule has 0 saturated heterocycles. The summed E-state index contributed by atoms with van der Waals surface area (Å²) in [6.07, 6.45) is 2.53. The van der Waals surface area contributed by atoms with Crippen LogP contribution in [0.4, 0.5) is 5.69 Å². The molecule has 3 rings (SSSR count). The van der Waals surface area contributed by atoms with Gasteiger partial charge in [-0.2, -0.15) is 0 Å². The molecule has 0 fully saturated rings. The van der Waals surface area contributed by atoms with Crippen LogP contribution in [-0.2, 0) is 32.6 Å². The molecule has 0 aliphatic heterocycles. The third-order valence-corrected chi connectivity index (χ3v) is 8.50. The first kappa shape index (κ1) is 32.4. The Bertz CT molecular complexity index is 1390. The Morgan fingerprint density at radius 2 is 1.46 bits per heavy atom. The molecule has 0 aliphatic rings. The Morgan fingerprint density at radius 3 is 2.02 bits per heavy atom. The number of halogens is 2. The van der Waals surface area contributed by atoms with E-state index in [9.17, 15) is 18.0 Å². The fourth-order valence-corrected chi connectivity index (χ4v) is 5.61. The van der Waals surface area contributed by atoms with E-state index in [1.165, 1.54) is 4.31 Å². The molecule has 2 amide bonds. The van der Waals surface area contributed by atoms with E-state index in [-0.39, 0.29) is 43.8 Å². The van der Waals surface area contributed by atoms with Gasteiger partial charge in [-0.05, 0) is 67.3 Å². The molecule has 0 heterocycles. The molecule has 0 spiro atoms. The minimum Gasteiger partial charge on any atom is -0.352 e.